The predicted molar refractivity (Wildman–Crippen MR) is 128 cm³/mol. The molecule has 0 bridgehead atoms. The minimum absolute atomic E-state index is 0. The Balaban J connectivity index is -0.00000000608. The van der Waals surface area contributed by atoms with Gasteiger partial charge in [-0.25, -0.2) is 0 Å². The minimum Gasteiger partial charge on any atom is -1.00 e. The number of aliphatic carboxylic acids is 1. The molecule has 9 nitrogen and oxygen atoms in total. The van der Waals surface area contributed by atoms with E-state index in [2.05, 4.69) is 16.4 Å². The Labute approximate surface area is 222 Å². The SMILES string of the molecule is C.C.C.C.C.CC.CC.CC(=O)O.CN.CNC(C)=O.CNC(C)=O.O.O.[H-].[K+]. The van der Waals surface area contributed by atoms with Crippen LogP contribution in [0.2, 0.25) is 0 Å². The van der Waals surface area contributed by atoms with Gasteiger partial charge in [0.1, 0.15) is 0 Å². The monoisotopic (exact) mass is 453 g/mol. The Bertz CT molecular complexity index is 188. The zero-order chi connectivity index (χ0) is 18.1. The summed E-state index contributed by atoms with van der Waals surface area (Å²) in [4.78, 5) is 28.4. The second-order valence-corrected chi connectivity index (χ2v) is 2.13. The number of amides is 2. The van der Waals surface area contributed by atoms with E-state index < -0.39 is 5.97 Å². The summed E-state index contributed by atoms with van der Waals surface area (Å²) in [5, 5.41) is 12.2. The summed E-state index contributed by atoms with van der Waals surface area (Å²) in [6.45, 7) is 12.0. The van der Waals surface area contributed by atoms with Crippen molar-refractivity contribution in [2.24, 2.45) is 5.73 Å². The first-order chi connectivity index (χ1) is 9.27. The van der Waals surface area contributed by atoms with Gasteiger partial charge in [-0.2, -0.15) is 0 Å². The van der Waals surface area contributed by atoms with Crippen LogP contribution in [0.5, 0.6) is 0 Å². The molecule has 2 amide bonds. The number of hydrogen-bond acceptors (Lipinski definition) is 4. The van der Waals surface area contributed by atoms with Gasteiger partial charge in [0, 0.05) is 34.9 Å². The molecule has 0 unspecified atom stereocenters. The van der Waals surface area contributed by atoms with Crippen LogP contribution in [-0.4, -0.2) is 55.0 Å². The van der Waals surface area contributed by atoms with Crippen molar-refractivity contribution in [1.29, 1.82) is 0 Å². The average Bonchev–Trinajstić information content (AvgIpc) is 2.45. The second-order valence-electron chi connectivity index (χ2n) is 2.13. The third-order valence-corrected chi connectivity index (χ3v) is 0.704. The molecule has 9 N–H and O–H groups in total. The first-order valence-corrected chi connectivity index (χ1v) is 6.41. The van der Waals surface area contributed by atoms with Crippen molar-refractivity contribution < 1.29 is 83.3 Å². The minimum atomic E-state index is -0.833. The number of nitrogens with two attached hydrogens (primary N) is 1. The molecule has 0 aliphatic carbocycles. The maximum atomic E-state index is 9.70. The smallest absolute Gasteiger partial charge is 1.00 e. The topological polar surface area (TPSA) is 185 Å². The summed E-state index contributed by atoms with van der Waals surface area (Å²) in [5.74, 6) is -0.824. The van der Waals surface area contributed by atoms with E-state index in [9.17, 15) is 9.59 Å². The van der Waals surface area contributed by atoms with E-state index in [0.717, 1.165) is 6.92 Å². The molecule has 0 aromatic heterocycles. The van der Waals surface area contributed by atoms with Crippen molar-refractivity contribution in [3.05, 3.63) is 0 Å². The molecule has 10 heteroatoms. The van der Waals surface area contributed by atoms with E-state index >= 15 is 0 Å². The Kier molecular flexibility index (Phi) is 565. The molecule has 0 spiro atoms. The summed E-state index contributed by atoms with van der Waals surface area (Å²) in [6.07, 6.45) is 0. The average molecular weight is 454 g/mol. The van der Waals surface area contributed by atoms with Gasteiger partial charge in [-0.3, -0.25) is 14.4 Å². The molecule has 0 fully saturated rings. The van der Waals surface area contributed by atoms with Crippen molar-refractivity contribution in [2.75, 3.05) is 21.1 Å². The van der Waals surface area contributed by atoms with Crippen LogP contribution in [0.25, 0.3) is 0 Å². The molecule has 184 valence electrons. The number of rotatable bonds is 0. The van der Waals surface area contributed by atoms with Crippen molar-refractivity contribution in [1.82, 2.24) is 10.6 Å². The Hall–Kier alpha value is -0.0736. The second kappa shape index (κ2) is 152. The van der Waals surface area contributed by atoms with E-state index in [1.807, 2.05) is 27.7 Å². The standard InChI is InChI=1S/2C3H7NO.C2H4O2.2C2H6.CH5N.5CH4.K.2H2O.H/c2*1-3(5)4-2;1-2(3)4;3*1-2;;;;;;;;;/h2*1-2H3,(H,4,5);1H3,(H,3,4);2*1-2H3;2H2,1H3;5*1H4;;2*1H2;/q;;;;;;;;;;;+1;;;-1. The Morgan fingerprint density at radius 2 is 0.714 bits per heavy atom. The van der Waals surface area contributed by atoms with Gasteiger partial charge in [0.2, 0.25) is 11.8 Å². The van der Waals surface area contributed by atoms with Crippen LogP contribution in [0.4, 0.5) is 0 Å². The summed E-state index contributed by atoms with van der Waals surface area (Å²) in [7, 11) is 4.70. The summed E-state index contributed by atoms with van der Waals surface area (Å²) >= 11 is 0. The number of carboxylic acids is 1. The molecule has 0 saturated carbocycles. The third-order valence-electron chi connectivity index (χ3n) is 0.704. The molecule has 0 aromatic rings. The molecule has 0 heterocycles. The van der Waals surface area contributed by atoms with Gasteiger partial charge >= 0.3 is 51.4 Å². The van der Waals surface area contributed by atoms with E-state index in [4.69, 9.17) is 9.90 Å². The largest absolute Gasteiger partial charge is 1.00 e. The summed E-state index contributed by atoms with van der Waals surface area (Å²) < 4.78 is 0. The predicted octanol–water partition coefficient (Wildman–Crippen LogP) is -0.130. The zero-order valence-corrected chi connectivity index (χ0v) is 19.9. The van der Waals surface area contributed by atoms with Crippen LogP contribution < -0.4 is 67.8 Å². The van der Waals surface area contributed by atoms with Crippen LogP contribution in [0, 0.1) is 0 Å². The molecule has 28 heavy (non-hydrogen) atoms. The molecular formula is C18H60KN3O6. The van der Waals surface area contributed by atoms with Crippen molar-refractivity contribution in [2.45, 2.75) is 85.6 Å². The van der Waals surface area contributed by atoms with Gasteiger partial charge in [-0.1, -0.05) is 64.8 Å². The fourth-order valence-corrected chi connectivity index (χ4v) is 0. The van der Waals surface area contributed by atoms with Gasteiger partial charge in [0.05, 0.1) is 0 Å². The Morgan fingerprint density at radius 3 is 0.714 bits per heavy atom. The number of carboxylic acid groups (broad SMARTS) is 1. The maximum absolute atomic E-state index is 9.70. The number of carbonyl (C=O) groups excluding carboxylic acids is 2. The normalized spacial score (nSPS) is 3.96. The van der Waals surface area contributed by atoms with E-state index in [1.54, 1.807) is 14.1 Å². The van der Waals surface area contributed by atoms with Crippen molar-refractivity contribution in [3.63, 3.8) is 0 Å². The van der Waals surface area contributed by atoms with Gasteiger partial charge < -0.3 is 33.9 Å². The molecule has 0 atom stereocenters. The summed E-state index contributed by atoms with van der Waals surface area (Å²) in [5.41, 5.74) is 4.50. The number of nitrogens with one attached hydrogen (secondary N) is 2. The van der Waals surface area contributed by atoms with E-state index in [0.29, 0.717) is 0 Å². The third kappa shape index (κ3) is 1040. The summed E-state index contributed by atoms with van der Waals surface area (Å²) in [6, 6.07) is 0. The molecular weight excluding hydrogens is 393 g/mol. The van der Waals surface area contributed by atoms with Crippen LogP contribution >= 0.6 is 0 Å². The molecule has 0 radical (unpaired) electrons. The van der Waals surface area contributed by atoms with Crippen LogP contribution in [0.3, 0.4) is 0 Å². The zero-order valence-electron chi connectivity index (χ0n) is 17.7. The fourth-order valence-electron chi connectivity index (χ4n) is 0. The first kappa shape index (κ1) is 104. The van der Waals surface area contributed by atoms with Crippen LogP contribution in [0.1, 0.15) is 87.0 Å². The molecule has 0 aliphatic heterocycles. The van der Waals surface area contributed by atoms with E-state index in [1.165, 1.54) is 20.9 Å². The first-order valence-electron chi connectivity index (χ1n) is 6.41. The van der Waals surface area contributed by atoms with Gasteiger partial charge in [0.15, 0.2) is 0 Å². The van der Waals surface area contributed by atoms with Crippen molar-refractivity contribution in [3.8, 4) is 0 Å². The van der Waals surface area contributed by atoms with E-state index in [-0.39, 0.29) is 113 Å². The molecule has 0 saturated heterocycles. The van der Waals surface area contributed by atoms with Gasteiger partial charge in [0.25, 0.3) is 5.97 Å². The fraction of sp³-hybridized carbons (Fsp3) is 0.833. The van der Waals surface area contributed by atoms with Crippen molar-refractivity contribution >= 4 is 17.8 Å². The number of hydrogen-bond donors (Lipinski definition) is 4. The molecule has 0 rings (SSSR count). The molecule has 0 aliphatic rings. The quantitative estimate of drug-likeness (QED) is 0.371. The van der Waals surface area contributed by atoms with Gasteiger partial charge in [-0.05, 0) is 7.05 Å². The van der Waals surface area contributed by atoms with Crippen LogP contribution in [-0.2, 0) is 14.4 Å². The molecule has 0 aromatic carbocycles. The maximum Gasteiger partial charge on any atom is 1.00 e. The number of carbonyl (C=O) groups is 3. The van der Waals surface area contributed by atoms with Gasteiger partial charge in [-0.15, -0.1) is 0 Å². The Morgan fingerprint density at radius 1 is 0.679 bits per heavy atom. The van der Waals surface area contributed by atoms with Crippen LogP contribution in [0.15, 0.2) is 0 Å².